The van der Waals surface area contributed by atoms with Gasteiger partial charge in [0.25, 0.3) is 11.4 Å². The van der Waals surface area contributed by atoms with E-state index in [-0.39, 0.29) is 18.0 Å². The van der Waals surface area contributed by atoms with Crippen LogP contribution in [0.1, 0.15) is 5.56 Å². The van der Waals surface area contributed by atoms with Crippen LogP contribution in [-0.2, 0) is 11.3 Å². The fourth-order valence-electron chi connectivity index (χ4n) is 2.90. The van der Waals surface area contributed by atoms with Crippen molar-refractivity contribution < 1.29 is 13.7 Å². The van der Waals surface area contributed by atoms with Crippen molar-refractivity contribution >= 4 is 27.5 Å². The third-order valence-electron chi connectivity index (χ3n) is 4.55. The monoisotopic (exact) mass is 482 g/mol. The van der Waals surface area contributed by atoms with Crippen molar-refractivity contribution in [1.82, 2.24) is 14.7 Å². The van der Waals surface area contributed by atoms with Crippen LogP contribution in [0, 0.1) is 12.7 Å². The first-order chi connectivity index (χ1) is 14.9. The van der Waals surface area contributed by atoms with Crippen LogP contribution in [0.2, 0.25) is 0 Å². The van der Waals surface area contributed by atoms with E-state index in [4.69, 9.17) is 4.52 Å². The average Bonchev–Trinajstić information content (AvgIpc) is 3.23. The van der Waals surface area contributed by atoms with Gasteiger partial charge in [-0.05, 0) is 61.0 Å². The van der Waals surface area contributed by atoms with E-state index in [1.165, 1.54) is 16.8 Å². The van der Waals surface area contributed by atoms with Crippen molar-refractivity contribution in [3.63, 3.8) is 0 Å². The number of nitrogens with zero attached hydrogens (tertiary/aromatic N) is 3. The van der Waals surface area contributed by atoms with E-state index in [0.717, 1.165) is 10.0 Å². The molecule has 0 spiro atoms. The summed E-state index contributed by atoms with van der Waals surface area (Å²) in [4.78, 5) is 29.5. The number of aryl methyl sites for hydroxylation is 1. The summed E-state index contributed by atoms with van der Waals surface area (Å²) in [5, 5.41) is 6.51. The van der Waals surface area contributed by atoms with Crippen molar-refractivity contribution in [2.24, 2.45) is 0 Å². The number of carbonyl (C=O) groups excluding carboxylic acids is 1. The zero-order valence-electron chi connectivity index (χ0n) is 16.3. The second-order valence-electron chi connectivity index (χ2n) is 6.80. The van der Waals surface area contributed by atoms with Crippen LogP contribution in [0.25, 0.3) is 22.8 Å². The molecule has 2 aromatic heterocycles. The summed E-state index contributed by atoms with van der Waals surface area (Å²) in [6, 6.07) is 14.9. The molecule has 4 rings (SSSR count). The van der Waals surface area contributed by atoms with Gasteiger partial charge < -0.3 is 14.4 Å². The van der Waals surface area contributed by atoms with E-state index in [2.05, 4.69) is 31.4 Å². The average molecular weight is 483 g/mol. The van der Waals surface area contributed by atoms with Crippen molar-refractivity contribution in [3.05, 3.63) is 87.0 Å². The summed E-state index contributed by atoms with van der Waals surface area (Å²) in [6.07, 6.45) is 1.48. The number of aromatic nitrogens is 3. The molecule has 0 radical (unpaired) electrons. The number of rotatable bonds is 5. The number of nitrogens with one attached hydrogen (secondary N) is 1. The van der Waals surface area contributed by atoms with Crippen LogP contribution in [-0.4, -0.2) is 20.6 Å². The number of hydrogen-bond acceptors (Lipinski definition) is 5. The molecule has 4 aromatic rings. The molecule has 0 atom stereocenters. The molecule has 9 heteroatoms. The van der Waals surface area contributed by atoms with Gasteiger partial charge in [0.2, 0.25) is 11.7 Å². The van der Waals surface area contributed by atoms with Gasteiger partial charge in [-0.15, -0.1) is 0 Å². The predicted molar refractivity (Wildman–Crippen MR) is 117 cm³/mol. The first kappa shape index (κ1) is 20.7. The molecule has 1 N–H and O–H groups in total. The lowest BCUT2D eigenvalue weighted by atomic mass is 10.2. The maximum atomic E-state index is 13.7. The normalized spacial score (nSPS) is 10.8. The Balaban J connectivity index is 1.54. The molecule has 0 saturated heterocycles. The second kappa shape index (κ2) is 8.65. The van der Waals surface area contributed by atoms with E-state index in [9.17, 15) is 14.0 Å². The number of pyridine rings is 1. The minimum atomic E-state index is -0.469. The molecular weight excluding hydrogens is 467 g/mol. The summed E-state index contributed by atoms with van der Waals surface area (Å²) >= 11 is 3.36. The van der Waals surface area contributed by atoms with Gasteiger partial charge in [-0.25, -0.2) is 4.39 Å². The molecule has 0 bridgehead atoms. The lowest BCUT2D eigenvalue weighted by Gasteiger charge is -2.08. The maximum absolute atomic E-state index is 13.7. The van der Waals surface area contributed by atoms with Gasteiger partial charge >= 0.3 is 0 Å². The fourth-order valence-corrected chi connectivity index (χ4v) is 3.16. The fraction of sp³-hybridized carbons (Fsp3) is 0.0909. The smallest absolute Gasteiger partial charge is 0.263 e. The van der Waals surface area contributed by atoms with Gasteiger partial charge in [0.1, 0.15) is 17.9 Å². The third kappa shape index (κ3) is 4.61. The Morgan fingerprint density at radius 2 is 1.97 bits per heavy atom. The van der Waals surface area contributed by atoms with Crippen LogP contribution in [0.4, 0.5) is 10.1 Å². The van der Waals surface area contributed by atoms with Crippen molar-refractivity contribution in [1.29, 1.82) is 0 Å². The first-order valence-electron chi connectivity index (χ1n) is 9.26. The lowest BCUT2D eigenvalue weighted by molar-refractivity contribution is -0.116. The number of carbonyl (C=O) groups is 1. The summed E-state index contributed by atoms with van der Waals surface area (Å²) < 4.78 is 21.1. The molecule has 0 aliphatic carbocycles. The van der Waals surface area contributed by atoms with E-state index in [0.29, 0.717) is 17.1 Å². The predicted octanol–water partition coefficient (Wildman–Crippen LogP) is 4.41. The topological polar surface area (TPSA) is 90.0 Å². The van der Waals surface area contributed by atoms with Crippen LogP contribution in [0.3, 0.4) is 0 Å². The summed E-state index contributed by atoms with van der Waals surface area (Å²) in [5.74, 6) is -0.492. The highest BCUT2D eigenvalue weighted by Gasteiger charge is 2.16. The van der Waals surface area contributed by atoms with Gasteiger partial charge in [-0.3, -0.25) is 9.59 Å². The van der Waals surface area contributed by atoms with Crippen molar-refractivity contribution in [2.45, 2.75) is 13.5 Å². The molecule has 156 valence electrons. The standard InChI is InChI=1S/C22H16BrFN4O3/c1-13-4-9-16(11-18(13)24)25-19(29)12-28-10-2-3-17(22(28)30)21-26-20(27-31-21)14-5-7-15(23)8-6-14/h2-11H,12H2,1H3,(H,25,29). The number of anilines is 1. The Hall–Kier alpha value is -3.59. The molecule has 0 aliphatic heterocycles. The van der Waals surface area contributed by atoms with E-state index >= 15 is 0 Å². The molecule has 1 amide bonds. The SMILES string of the molecule is Cc1ccc(NC(=O)Cn2cccc(-c3nc(-c4ccc(Br)cc4)no3)c2=O)cc1F. The Kier molecular flexibility index (Phi) is 5.77. The molecule has 0 saturated carbocycles. The molecule has 0 unspecified atom stereocenters. The van der Waals surface area contributed by atoms with Crippen molar-refractivity contribution in [3.8, 4) is 22.8 Å². The van der Waals surface area contributed by atoms with E-state index in [1.807, 2.05) is 24.3 Å². The largest absolute Gasteiger partial charge is 0.333 e. The molecule has 2 aromatic carbocycles. The van der Waals surface area contributed by atoms with Crippen LogP contribution in [0.5, 0.6) is 0 Å². The summed E-state index contributed by atoms with van der Waals surface area (Å²) in [5.41, 5.74) is 1.24. The third-order valence-corrected chi connectivity index (χ3v) is 5.08. The summed E-state index contributed by atoms with van der Waals surface area (Å²) in [7, 11) is 0. The van der Waals surface area contributed by atoms with E-state index in [1.54, 1.807) is 31.2 Å². The second-order valence-corrected chi connectivity index (χ2v) is 7.71. The Labute approximate surface area is 184 Å². The minimum absolute atomic E-state index is 0.0540. The number of amides is 1. The zero-order valence-corrected chi connectivity index (χ0v) is 17.9. The molecular formula is C22H16BrFN4O3. The Bertz CT molecular complexity index is 1320. The van der Waals surface area contributed by atoms with Gasteiger partial charge in [-0.1, -0.05) is 27.2 Å². The zero-order chi connectivity index (χ0) is 22.0. The number of hydrogen-bond donors (Lipinski definition) is 1. The Morgan fingerprint density at radius 3 is 2.71 bits per heavy atom. The van der Waals surface area contributed by atoms with Crippen LogP contribution >= 0.6 is 15.9 Å². The molecule has 31 heavy (non-hydrogen) atoms. The summed E-state index contributed by atoms with van der Waals surface area (Å²) in [6.45, 7) is 1.38. The van der Waals surface area contributed by atoms with Gasteiger partial charge in [0, 0.05) is 21.9 Å². The lowest BCUT2D eigenvalue weighted by Crippen LogP contribution is -2.28. The van der Waals surface area contributed by atoms with Crippen LogP contribution in [0.15, 0.2) is 74.6 Å². The Morgan fingerprint density at radius 1 is 1.19 bits per heavy atom. The maximum Gasteiger partial charge on any atom is 0.263 e. The highest BCUT2D eigenvalue weighted by atomic mass is 79.9. The number of benzene rings is 2. The van der Waals surface area contributed by atoms with Gasteiger partial charge in [0.05, 0.1) is 0 Å². The van der Waals surface area contributed by atoms with Crippen molar-refractivity contribution in [2.75, 3.05) is 5.32 Å². The van der Waals surface area contributed by atoms with Crippen LogP contribution < -0.4 is 10.9 Å². The number of halogens is 2. The molecule has 0 aliphatic rings. The van der Waals surface area contributed by atoms with Gasteiger partial charge in [-0.2, -0.15) is 4.98 Å². The quantitative estimate of drug-likeness (QED) is 0.454. The first-order valence-corrected chi connectivity index (χ1v) is 10.1. The molecule has 2 heterocycles. The highest BCUT2D eigenvalue weighted by Crippen LogP contribution is 2.22. The van der Waals surface area contributed by atoms with Gasteiger partial charge in [0.15, 0.2) is 0 Å². The van der Waals surface area contributed by atoms with E-state index < -0.39 is 17.3 Å². The molecule has 0 fully saturated rings. The highest BCUT2D eigenvalue weighted by molar-refractivity contribution is 9.10. The minimum Gasteiger partial charge on any atom is -0.333 e. The molecule has 7 nitrogen and oxygen atoms in total.